The molecule has 0 spiro atoms. The van der Waals surface area contributed by atoms with Crippen molar-refractivity contribution in [3.05, 3.63) is 17.5 Å². The van der Waals surface area contributed by atoms with Crippen molar-refractivity contribution in [3.63, 3.8) is 0 Å². The van der Waals surface area contributed by atoms with E-state index in [9.17, 15) is 4.79 Å². The summed E-state index contributed by atoms with van der Waals surface area (Å²) in [4.78, 5) is 11.6. The maximum absolute atomic E-state index is 11.6. The monoisotopic (exact) mass is 224 g/mol. The molecule has 1 heterocycles. The Kier molecular flexibility index (Phi) is 4.52. The van der Waals surface area contributed by atoms with Crippen molar-refractivity contribution in [2.75, 3.05) is 6.61 Å². The normalized spacial score (nSPS) is 10.8. The van der Waals surface area contributed by atoms with E-state index in [4.69, 9.17) is 4.74 Å². The lowest BCUT2D eigenvalue weighted by Crippen LogP contribution is -2.10. The van der Waals surface area contributed by atoms with E-state index < -0.39 is 0 Å². The van der Waals surface area contributed by atoms with Crippen molar-refractivity contribution in [3.8, 4) is 0 Å². The molecule has 0 amide bonds. The number of carbonyl (C=O) groups is 1. The van der Waals surface area contributed by atoms with Gasteiger partial charge in [0.15, 0.2) is 0 Å². The largest absolute Gasteiger partial charge is 0.461 e. The Hall–Kier alpha value is -1.32. The molecular weight excluding hydrogens is 204 g/mol. The van der Waals surface area contributed by atoms with Crippen LogP contribution in [0.25, 0.3) is 0 Å². The third kappa shape index (κ3) is 2.62. The Balaban J connectivity index is 2.92. The lowest BCUT2D eigenvalue weighted by atomic mass is 9.99. The molecule has 0 fully saturated rings. The number of ether oxygens (including phenoxy) is 1. The van der Waals surface area contributed by atoms with Gasteiger partial charge in [0.05, 0.1) is 12.3 Å². The van der Waals surface area contributed by atoms with Crippen LogP contribution >= 0.6 is 0 Å². The SMILES string of the molecule is CCOC(=O)c1cc(C(CC)CC)nn1C. The molecule has 0 saturated carbocycles. The molecule has 0 radical (unpaired) electrons. The van der Waals surface area contributed by atoms with Crippen LogP contribution in [-0.2, 0) is 11.8 Å². The van der Waals surface area contributed by atoms with E-state index in [1.807, 2.05) is 6.07 Å². The van der Waals surface area contributed by atoms with Gasteiger partial charge in [-0.05, 0) is 25.8 Å². The van der Waals surface area contributed by atoms with Crippen LogP contribution in [0.1, 0.15) is 55.7 Å². The molecule has 1 aromatic heterocycles. The molecule has 0 aliphatic heterocycles. The lowest BCUT2D eigenvalue weighted by Gasteiger charge is -2.07. The summed E-state index contributed by atoms with van der Waals surface area (Å²) in [5, 5.41) is 4.37. The number of carbonyl (C=O) groups excluding carboxylic acids is 1. The molecule has 1 aromatic rings. The minimum Gasteiger partial charge on any atom is -0.461 e. The maximum atomic E-state index is 11.6. The lowest BCUT2D eigenvalue weighted by molar-refractivity contribution is 0.0513. The number of hydrogen-bond donors (Lipinski definition) is 0. The van der Waals surface area contributed by atoms with E-state index in [1.165, 1.54) is 0 Å². The highest BCUT2D eigenvalue weighted by Crippen LogP contribution is 2.22. The van der Waals surface area contributed by atoms with Crippen molar-refractivity contribution in [2.24, 2.45) is 7.05 Å². The summed E-state index contributed by atoms with van der Waals surface area (Å²) in [6.07, 6.45) is 2.07. The quantitative estimate of drug-likeness (QED) is 0.722. The molecule has 1 rings (SSSR count). The number of rotatable bonds is 5. The third-order valence-electron chi connectivity index (χ3n) is 2.79. The van der Waals surface area contributed by atoms with Gasteiger partial charge in [-0.15, -0.1) is 0 Å². The van der Waals surface area contributed by atoms with E-state index in [1.54, 1.807) is 18.7 Å². The van der Waals surface area contributed by atoms with Gasteiger partial charge in [-0.3, -0.25) is 4.68 Å². The Bertz CT molecular complexity index is 354. The van der Waals surface area contributed by atoms with Gasteiger partial charge in [0, 0.05) is 13.0 Å². The molecule has 0 aliphatic carbocycles. The number of hydrogen-bond acceptors (Lipinski definition) is 3. The van der Waals surface area contributed by atoms with E-state index in [2.05, 4.69) is 18.9 Å². The number of aryl methyl sites for hydroxylation is 1. The van der Waals surface area contributed by atoms with Gasteiger partial charge in [0.1, 0.15) is 5.69 Å². The molecule has 0 saturated heterocycles. The minimum absolute atomic E-state index is 0.297. The molecule has 0 unspecified atom stereocenters. The van der Waals surface area contributed by atoms with Gasteiger partial charge in [0.2, 0.25) is 0 Å². The number of nitrogens with zero attached hydrogens (tertiary/aromatic N) is 2. The van der Waals surface area contributed by atoms with Gasteiger partial charge in [-0.25, -0.2) is 4.79 Å². The van der Waals surface area contributed by atoms with Crippen molar-refractivity contribution in [2.45, 2.75) is 39.5 Å². The van der Waals surface area contributed by atoms with Crippen LogP contribution in [-0.4, -0.2) is 22.4 Å². The summed E-state index contributed by atoms with van der Waals surface area (Å²) in [5.74, 6) is 0.129. The molecular formula is C12H20N2O2. The van der Waals surface area contributed by atoms with Crippen molar-refractivity contribution in [1.82, 2.24) is 9.78 Å². The summed E-state index contributed by atoms with van der Waals surface area (Å²) in [6, 6.07) is 1.84. The Morgan fingerprint density at radius 2 is 2.06 bits per heavy atom. The van der Waals surface area contributed by atoms with Crippen LogP contribution in [0.15, 0.2) is 6.07 Å². The first-order chi connectivity index (χ1) is 7.63. The molecule has 90 valence electrons. The van der Waals surface area contributed by atoms with Crippen LogP contribution in [0.4, 0.5) is 0 Å². The zero-order valence-electron chi connectivity index (χ0n) is 10.5. The van der Waals surface area contributed by atoms with E-state index >= 15 is 0 Å². The second kappa shape index (κ2) is 5.68. The van der Waals surface area contributed by atoms with Crippen molar-refractivity contribution < 1.29 is 9.53 Å². The van der Waals surface area contributed by atoms with Gasteiger partial charge < -0.3 is 4.74 Å². The van der Waals surface area contributed by atoms with E-state index in [0.717, 1.165) is 18.5 Å². The smallest absolute Gasteiger partial charge is 0.356 e. The Morgan fingerprint density at radius 3 is 2.56 bits per heavy atom. The van der Waals surface area contributed by atoms with Crippen LogP contribution < -0.4 is 0 Å². The summed E-state index contributed by atoms with van der Waals surface area (Å²) in [7, 11) is 1.78. The highest BCUT2D eigenvalue weighted by Gasteiger charge is 2.17. The highest BCUT2D eigenvalue weighted by atomic mass is 16.5. The van der Waals surface area contributed by atoms with Gasteiger partial charge in [0.25, 0.3) is 0 Å². The Morgan fingerprint density at radius 1 is 1.44 bits per heavy atom. The second-order valence-corrected chi connectivity index (χ2v) is 3.81. The van der Waals surface area contributed by atoms with Crippen LogP contribution in [0.3, 0.4) is 0 Å². The van der Waals surface area contributed by atoms with Crippen molar-refractivity contribution >= 4 is 5.97 Å². The zero-order chi connectivity index (χ0) is 12.1. The van der Waals surface area contributed by atoms with Gasteiger partial charge in [-0.2, -0.15) is 5.10 Å². The summed E-state index contributed by atoms with van der Waals surface area (Å²) >= 11 is 0. The standard InChI is InChI=1S/C12H20N2O2/c1-5-9(6-2)10-8-11(14(4)13-10)12(15)16-7-3/h8-9H,5-7H2,1-4H3. The molecule has 4 heteroatoms. The minimum atomic E-state index is -0.297. The average molecular weight is 224 g/mol. The highest BCUT2D eigenvalue weighted by molar-refractivity contribution is 5.87. The first-order valence-electron chi connectivity index (χ1n) is 5.85. The first-order valence-corrected chi connectivity index (χ1v) is 5.85. The molecule has 16 heavy (non-hydrogen) atoms. The molecule has 0 aliphatic rings. The Labute approximate surface area is 96.6 Å². The zero-order valence-corrected chi connectivity index (χ0v) is 10.5. The van der Waals surface area contributed by atoms with Crippen molar-refractivity contribution in [1.29, 1.82) is 0 Å². The number of aromatic nitrogens is 2. The third-order valence-corrected chi connectivity index (χ3v) is 2.79. The fraction of sp³-hybridized carbons (Fsp3) is 0.667. The van der Waals surface area contributed by atoms with E-state index in [0.29, 0.717) is 18.2 Å². The van der Waals surface area contributed by atoms with Gasteiger partial charge >= 0.3 is 5.97 Å². The van der Waals surface area contributed by atoms with Gasteiger partial charge in [-0.1, -0.05) is 13.8 Å². The fourth-order valence-corrected chi connectivity index (χ4v) is 1.79. The number of esters is 1. The van der Waals surface area contributed by atoms with Crippen LogP contribution in [0.5, 0.6) is 0 Å². The van der Waals surface area contributed by atoms with Crippen LogP contribution in [0.2, 0.25) is 0 Å². The summed E-state index contributed by atoms with van der Waals surface area (Å²) < 4.78 is 6.57. The van der Waals surface area contributed by atoms with Crippen LogP contribution in [0, 0.1) is 0 Å². The predicted octanol–water partition coefficient (Wildman–Crippen LogP) is 2.50. The molecule has 4 nitrogen and oxygen atoms in total. The topological polar surface area (TPSA) is 44.1 Å². The molecule has 0 bridgehead atoms. The molecule has 0 aromatic carbocycles. The average Bonchev–Trinajstić information content (AvgIpc) is 2.63. The predicted molar refractivity (Wildman–Crippen MR) is 62.5 cm³/mol. The first kappa shape index (κ1) is 12.7. The summed E-state index contributed by atoms with van der Waals surface area (Å²) in [6.45, 7) is 6.46. The maximum Gasteiger partial charge on any atom is 0.356 e. The fourth-order valence-electron chi connectivity index (χ4n) is 1.79. The molecule has 0 N–H and O–H groups in total. The van der Waals surface area contributed by atoms with E-state index in [-0.39, 0.29) is 5.97 Å². The molecule has 0 atom stereocenters. The summed E-state index contributed by atoms with van der Waals surface area (Å²) in [5.41, 5.74) is 1.51. The second-order valence-electron chi connectivity index (χ2n) is 3.81.